The fraction of sp³-hybridized carbons (Fsp3) is 0.0500. The van der Waals surface area contributed by atoms with Crippen molar-refractivity contribution in [3.63, 3.8) is 0 Å². The Bertz CT molecular complexity index is 865. The van der Waals surface area contributed by atoms with Crippen LogP contribution in [0, 0.1) is 29.6 Å². The second-order valence-corrected chi connectivity index (χ2v) is 5.07. The molecule has 0 spiro atoms. The first-order valence-electron chi connectivity index (χ1n) is 7.29. The van der Waals surface area contributed by atoms with Gasteiger partial charge in [0.1, 0.15) is 17.7 Å². The molecule has 0 aromatic heterocycles. The Hall–Kier alpha value is -3.63. The van der Waals surface area contributed by atoms with Gasteiger partial charge in [0, 0.05) is 11.3 Å². The van der Waals surface area contributed by atoms with Crippen molar-refractivity contribution in [1.82, 2.24) is 0 Å². The van der Waals surface area contributed by atoms with E-state index >= 15 is 0 Å². The highest BCUT2D eigenvalue weighted by Crippen LogP contribution is 2.20. The lowest BCUT2D eigenvalue weighted by Gasteiger charge is -2.10. The first-order chi connectivity index (χ1) is 11.6. The molecule has 0 atom stereocenters. The third-order valence-corrected chi connectivity index (χ3v) is 3.27. The Morgan fingerprint density at radius 3 is 2.46 bits per heavy atom. The van der Waals surface area contributed by atoms with Crippen molar-refractivity contribution in [3.05, 3.63) is 82.9 Å². The average molecular weight is 313 g/mol. The van der Waals surface area contributed by atoms with E-state index in [4.69, 9.17) is 10.5 Å². The van der Waals surface area contributed by atoms with Crippen LogP contribution in [0.25, 0.3) is 6.08 Å². The number of nitrogens with one attached hydrogen (secondary N) is 1. The maximum atomic E-state index is 12.3. The van der Waals surface area contributed by atoms with Crippen LogP contribution < -0.4 is 5.32 Å². The summed E-state index contributed by atoms with van der Waals surface area (Å²) >= 11 is 0. The summed E-state index contributed by atoms with van der Waals surface area (Å²) in [5.41, 5.74) is 3.07. The number of allylic oxidation sites excluding steroid dienone is 3. The van der Waals surface area contributed by atoms with Gasteiger partial charge in [0.25, 0.3) is 5.91 Å². The number of benzene rings is 2. The molecule has 4 heteroatoms. The molecule has 116 valence electrons. The Labute approximate surface area is 141 Å². The van der Waals surface area contributed by atoms with Crippen LogP contribution in [0.2, 0.25) is 0 Å². The molecule has 1 N–H and O–H groups in total. The lowest BCUT2D eigenvalue weighted by atomic mass is 10.1. The number of hydrogen-bond donors (Lipinski definition) is 1. The van der Waals surface area contributed by atoms with Gasteiger partial charge in [-0.15, -0.1) is 0 Å². The summed E-state index contributed by atoms with van der Waals surface area (Å²) in [5.74, 6) is -0.193. The van der Waals surface area contributed by atoms with Crippen LogP contribution in [0.3, 0.4) is 0 Å². The van der Waals surface area contributed by atoms with E-state index < -0.39 is 0 Å². The minimum atomic E-state index is -0.193. The van der Waals surface area contributed by atoms with Crippen LogP contribution >= 0.6 is 0 Å². The first-order valence-corrected chi connectivity index (χ1v) is 7.29. The van der Waals surface area contributed by atoms with Crippen molar-refractivity contribution in [2.75, 3.05) is 5.32 Å². The molecule has 24 heavy (non-hydrogen) atoms. The van der Waals surface area contributed by atoms with Gasteiger partial charge in [-0.3, -0.25) is 4.79 Å². The van der Waals surface area contributed by atoms with E-state index in [1.165, 1.54) is 6.08 Å². The van der Waals surface area contributed by atoms with Crippen molar-refractivity contribution in [3.8, 4) is 12.1 Å². The predicted octanol–water partition coefficient (Wildman–Crippen LogP) is 4.23. The van der Waals surface area contributed by atoms with E-state index in [2.05, 4.69) is 5.32 Å². The number of aryl methyl sites for hydroxylation is 1. The zero-order chi connectivity index (χ0) is 17.4. The van der Waals surface area contributed by atoms with Gasteiger partial charge in [0.2, 0.25) is 0 Å². The van der Waals surface area contributed by atoms with Gasteiger partial charge in [-0.05, 0) is 42.3 Å². The van der Waals surface area contributed by atoms with Crippen molar-refractivity contribution in [1.29, 1.82) is 10.5 Å². The number of hydrogen-bond acceptors (Lipinski definition) is 3. The fourth-order valence-electron chi connectivity index (χ4n) is 2.06. The van der Waals surface area contributed by atoms with Gasteiger partial charge >= 0.3 is 0 Å². The zero-order valence-electron chi connectivity index (χ0n) is 13.2. The number of carbonyl (C=O) groups excluding carboxylic acids is 1. The Kier molecular flexibility index (Phi) is 5.66. The van der Waals surface area contributed by atoms with Crippen LogP contribution in [0.15, 0.2) is 66.3 Å². The smallest absolute Gasteiger partial charge is 0.255 e. The summed E-state index contributed by atoms with van der Waals surface area (Å²) < 4.78 is 0. The van der Waals surface area contributed by atoms with E-state index in [-0.39, 0.29) is 11.5 Å². The second kappa shape index (κ2) is 8.12. The lowest BCUT2D eigenvalue weighted by molar-refractivity contribution is 0.102. The number of anilines is 1. The molecule has 0 bridgehead atoms. The lowest BCUT2D eigenvalue weighted by Crippen LogP contribution is -2.12. The van der Waals surface area contributed by atoms with E-state index in [1.54, 1.807) is 36.4 Å². The normalized spacial score (nSPS) is 9.79. The molecule has 0 unspecified atom stereocenters. The number of nitriles is 2. The molecule has 2 aromatic rings. The topological polar surface area (TPSA) is 76.7 Å². The van der Waals surface area contributed by atoms with E-state index in [0.29, 0.717) is 11.3 Å². The summed E-state index contributed by atoms with van der Waals surface area (Å²) in [6.07, 6.45) is 4.79. The van der Waals surface area contributed by atoms with E-state index in [9.17, 15) is 4.79 Å². The van der Waals surface area contributed by atoms with Gasteiger partial charge in [-0.25, -0.2) is 0 Å². The van der Waals surface area contributed by atoms with Gasteiger partial charge in [-0.2, -0.15) is 10.5 Å². The van der Waals surface area contributed by atoms with Crippen LogP contribution in [0.5, 0.6) is 0 Å². The Morgan fingerprint density at radius 1 is 1.08 bits per heavy atom. The summed E-state index contributed by atoms with van der Waals surface area (Å²) in [7, 11) is 0. The SMILES string of the molecule is Cc1ccc(C=CC=C(C#N)C#N)c(NC(=O)c2ccccc2)c1. The second-order valence-electron chi connectivity index (χ2n) is 5.07. The molecule has 2 aromatic carbocycles. The summed E-state index contributed by atoms with van der Waals surface area (Å²) in [6.45, 7) is 1.94. The monoisotopic (exact) mass is 313 g/mol. The van der Waals surface area contributed by atoms with Crippen LogP contribution in [0.1, 0.15) is 21.5 Å². The zero-order valence-corrected chi connectivity index (χ0v) is 13.2. The highest BCUT2D eigenvalue weighted by Gasteiger charge is 2.07. The van der Waals surface area contributed by atoms with Crippen molar-refractivity contribution >= 4 is 17.7 Å². The summed E-state index contributed by atoms with van der Waals surface area (Å²) in [6, 6.07) is 18.2. The molecule has 0 aliphatic heterocycles. The molecule has 1 amide bonds. The van der Waals surface area contributed by atoms with Crippen LogP contribution in [-0.4, -0.2) is 5.91 Å². The maximum absolute atomic E-state index is 12.3. The molecule has 0 saturated carbocycles. The fourth-order valence-corrected chi connectivity index (χ4v) is 2.06. The molecule has 0 radical (unpaired) electrons. The molecule has 0 aliphatic carbocycles. The third-order valence-electron chi connectivity index (χ3n) is 3.27. The molecular weight excluding hydrogens is 298 g/mol. The summed E-state index contributed by atoms with van der Waals surface area (Å²) in [5, 5.41) is 20.3. The quantitative estimate of drug-likeness (QED) is 0.677. The van der Waals surface area contributed by atoms with Gasteiger partial charge in [-0.1, -0.05) is 42.5 Å². The minimum absolute atomic E-state index is 0.0215. The van der Waals surface area contributed by atoms with E-state index in [1.807, 2.05) is 43.3 Å². The molecule has 2 rings (SSSR count). The highest BCUT2D eigenvalue weighted by molar-refractivity contribution is 6.05. The molecular formula is C20H15N3O. The Morgan fingerprint density at radius 2 is 1.79 bits per heavy atom. The van der Waals surface area contributed by atoms with Crippen molar-refractivity contribution in [2.45, 2.75) is 6.92 Å². The largest absolute Gasteiger partial charge is 0.321 e. The first kappa shape index (κ1) is 16.7. The number of nitrogens with zero attached hydrogens (tertiary/aromatic N) is 2. The predicted molar refractivity (Wildman–Crippen MR) is 93.9 cm³/mol. The number of rotatable bonds is 4. The van der Waals surface area contributed by atoms with Crippen molar-refractivity contribution in [2.24, 2.45) is 0 Å². The average Bonchev–Trinajstić information content (AvgIpc) is 2.61. The molecule has 0 aliphatic rings. The van der Waals surface area contributed by atoms with Gasteiger partial charge in [0.05, 0.1) is 0 Å². The van der Waals surface area contributed by atoms with Crippen molar-refractivity contribution < 1.29 is 4.79 Å². The van der Waals surface area contributed by atoms with E-state index in [0.717, 1.165) is 11.1 Å². The number of carbonyl (C=O) groups is 1. The highest BCUT2D eigenvalue weighted by atomic mass is 16.1. The third kappa shape index (κ3) is 4.43. The molecule has 0 saturated heterocycles. The molecule has 0 heterocycles. The van der Waals surface area contributed by atoms with Gasteiger partial charge < -0.3 is 5.32 Å². The number of amides is 1. The summed E-state index contributed by atoms with van der Waals surface area (Å²) in [4.78, 5) is 12.3. The molecule has 4 nitrogen and oxygen atoms in total. The van der Waals surface area contributed by atoms with Crippen LogP contribution in [-0.2, 0) is 0 Å². The maximum Gasteiger partial charge on any atom is 0.255 e. The van der Waals surface area contributed by atoms with Gasteiger partial charge in [0.15, 0.2) is 0 Å². The standard InChI is InChI=1S/C20H15N3O/c1-15-10-11-17(9-5-6-16(13-21)14-22)19(12-15)23-20(24)18-7-3-2-4-8-18/h2-12H,1H3,(H,23,24). The molecule has 0 fully saturated rings. The van der Waals surface area contributed by atoms with Crippen LogP contribution in [0.4, 0.5) is 5.69 Å². The minimum Gasteiger partial charge on any atom is -0.321 e. The Balaban J connectivity index is 2.27.